The molecule has 0 bridgehead atoms. The summed E-state index contributed by atoms with van der Waals surface area (Å²) in [7, 11) is 0. The van der Waals surface area contributed by atoms with E-state index in [1.165, 1.54) is 6.42 Å². The normalized spacial score (nSPS) is 19.7. The van der Waals surface area contributed by atoms with Crippen molar-refractivity contribution in [3.05, 3.63) is 0 Å². The molecule has 1 unspecified atom stereocenters. The van der Waals surface area contributed by atoms with Crippen molar-refractivity contribution in [2.24, 2.45) is 5.41 Å². The number of nitrogens with zero attached hydrogens (tertiary/aromatic N) is 1. The molecule has 0 spiro atoms. The molecule has 0 aliphatic carbocycles. The predicted octanol–water partition coefficient (Wildman–Crippen LogP) is 3.21. The van der Waals surface area contributed by atoms with Crippen molar-refractivity contribution in [3.8, 4) is 0 Å². The highest BCUT2D eigenvalue weighted by molar-refractivity contribution is 5.78. The summed E-state index contributed by atoms with van der Waals surface area (Å²) in [6.45, 7) is 10.0. The first-order valence-electron chi connectivity index (χ1n) is 6.29. The lowest BCUT2D eigenvalue weighted by Gasteiger charge is -2.34. The Balaban J connectivity index is 2.59. The Morgan fingerprint density at radius 3 is 2.47 bits per heavy atom. The van der Waals surface area contributed by atoms with Crippen LogP contribution in [0.2, 0.25) is 0 Å². The zero-order chi connectivity index (χ0) is 11.5. The fourth-order valence-electron chi connectivity index (χ4n) is 2.31. The predicted molar refractivity (Wildman–Crippen MR) is 63.7 cm³/mol. The molecule has 0 N–H and O–H groups in total. The molecule has 15 heavy (non-hydrogen) atoms. The van der Waals surface area contributed by atoms with Gasteiger partial charge in [-0.2, -0.15) is 0 Å². The summed E-state index contributed by atoms with van der Waals surface area (Å²) in [6.07, 6.45) is 5.25. The molecule has 0 aromatic rings. The van der Waals surface area contributed by atoms with Gasteiger partial charge >= 0.3 is 0 Å². The van der Waals surface area contributed by atoms with Crippen molar-refractivity contribution in [1.29, 1.82) is 0 Å². The minimum Gasteiger partial charge on any atom is -0.340 e. The average Bonchev–Trinajstić information content (AvgIpc) is 2.61. The number of carbonyl (C=O) groups is 1. The Kier molecular flexibility index (Phi) is 4.18. The van der Waals surface area contributed by atoms with E-state index >= 15 is 0 Å². The molecule has 2 nitrogen and oxygen atoms in total. The summed E-state index contributed by atoms with van der Waals surface area (Å²) in [5, 5.41) is 0. The number of rotatable bonds is 5. The molecule has 1 amide bonds. The Labute approximate surface area is 94.0 Å². The summed E-state index contributed by atoms with van der Waals surface area (Å²) < 4.78 is 0. The van der Waals surface area contributed by atoms with Crippen LogP contribution < -0.4 is 0 Å². The maximum Gasteiger partial charge on any atom is 0.222 e. The quantitative estimate of drug-likeness (QED) is 0.684. The molecule has 88 valence electrons. The minimum absolute atomic E-state index is 0.365. The highest BCUT2D eigenvalue weighted by atomic mass is 16.2. The summed E-state index contributed by atoms with van der Waals surface area (Å²) in [4.78, 5) is 13.8. The highest BCUT2D eigenvalue weighted by Crippen LogP contribution is 2.30. The van der Waals surface area contributed by atoms with Crippen LogP contribution >= 0.6 is 0 Å². The fourth-order valence-corrected chi connectivity index (χ4v) is 2.31. The van der Waals surface area contributed by atoms with Crippen LogP contribution in [0.15, 0.2) is 0 Å². The first kappa shape index (κ1) is 12.5. The topological polar surface area (TPSA) is 20.3 Å². The summed E-state index contributed by atoms with van der Waals surface area (Å²) in [5.41, 5.74) is 0.365. The second-order valence-electron chi connectivity index (χ2n) is 5.47. The number of hydrogen-bond donors (Lipinski definition) is 0. The Bertz CT molecular complexity index is 223. The molecule has 0 aromatic carbocycles. The first-order chi connectivity index (χ1) is 7.00. The standard InChI is InChI=1S/C13H25NO/c1-5-11(10-13(3,4)6-2)14-9-7-8-12(14)15/h11H,5-10H2,1-4H3. The van der Waals surface area contributed by atoms with Crippen LogP contribution in [0.25, 0.3) is 0 Å². The molecule has 1 atom stereocenters. The van der Waals surface area contributed by atoms with E-state index in [4.69, 9.17) is 0 Å². The number of carbonyl (C=O) groups excluding carboxylic acids is 1. The third kappa shape index (κ3) is 3.22. The zero-order valence-corrected chi connectivity index (χ0v) is 10.7. The van der Waals surface area contributed by atoms with Crippen LogP contribution in [0.3, 0.4) is 0 Å². The molecule has 1 aliphatic heterocycles. The first-order valence-corrected chi connectivity index (χ1v) is 6.29. The molecule has 0 saturated carbocycles. The molecule has 0 aromatic heterocycles. The summed E-state index contributed by atoms with van der Waals surface area (Å²) in [6, 6.07) is 0.468. The van der Waals surface area contributed by atoms with Crippen molar-refractivity contribution in [3.63, 3.8) is 0 Å². The van der Waals surface area contributed by atoms with Gasteiger partial charge in [0, 0.05) is 19.0 Å². The van der Waals surface area contributed by atoms with Gasteiger partial charge in [0.25, 0.3) is 0 Å². The minimum atomic E-state index is 0.365. The van der Waals surface area contributed by atoms with Crippen molar-refractivity contribution in [1.82, 2.24) is 4.90 Å². The Morgan fingerprint density at radius 1 is 1.40 bits per heavy atom. The lowest BCUT2D eigenvalue weighted by Crippen LogP contribution is -2.38. The molecule has 1 heterocycles. The largest absolute Gasteiger partial charge is 0.340 e. The molecular weight excluding hydrogens is 186 g/mol. The molecule has 1 fully saturated rings. The van der Waals surface area contributed by atoms with Gasteiger partial charge in [-0.3, -0.25) is 4.79 Å². The van der Waals surface area contributed by atoms with Crippen molar-refractivity contribution < 1.29 is 4.79 Å². The van der Waals surface area contributed by atoms with Gasteiger partial charge in [0.2, 0.25) is 5.91 Å². The van der Waals surface area contributed by atoms with Gasteiger partial charge in [-0.15, -0.1) is 0 Å². The van der Waals surface area contributed by atoms with Crippen LogP contribution in [-0.2, 0) is 4.79 Å². The maximum atomic E-state index is 11.7. The Hall–Kier alpha value is -0.530. The van der Waals surface area contributed by atoms with E-state index in [-0.39, 0.29) is 0 Å². The Morgan fingerprint density at radius 2 is 2.07 bits per heavy atom. The van der Waals surface area contributed by atoms with Crippen LogP contribution in [-0.4, -0.2) is 23.4 Å². The number of amides is 1. The van der Waals surface area contributed by atoms with Gasteiger partial charge in [0.1, 0.15) is 0 Å². The van der Waals surface area contributed by atoms with Crippen LogP contribution in [0, 0.1) is 5.41 Å². The monoisotopic (exact) mass is 211 g/mol. The van der Waals surface area contributed by atoms with Crippen molar-refractivity contribution in [2.45, 2.75) is 65.8 Å². The zero-order valence-electron chi connectivity index (χ0n) is 10.7. The molecule has 2 heteroatoms. The lowest BCUT2D eigenvalue weighted by atomic mass is 9.82. The molecule has 1 rings (SSSR count). The molecule has 1 saturated heterocycles. The maximum absolute atomic E-state index is 11.7. The van der Waals surface area contributed by atoms with E-state index in [1.807, 2.05) is 0 Å². The third-order valence-electron chi connectivity index (χ3n) is 3.77. The van der Waals surface area contributed by atoms with Gasteiger partial charge in [-0.05, 0) is 24.7 Å². The van der Waals surface area contributed by atoms with Crippen molar-refractivity contribution in [2.75, 3.05) is 6.54 Å². The van der Waals surface area contributed by atoms with Crippen LogP contribution in [0.4, 0.5) is 0 Å². The summed E-state index contributed by atoms with van der Waals surface area (Å²) >= 11 is 0. The smallest absolute Gasteiger partial charge is 0.222 e. The second-order valence-corrected chi connectivity index (χ2v) is 5.47. The van der Waals surface area contributed by atoms with Crippen LogP contribution in [0.1, 0.15) is 59.8 Å². The molecule has 0 radical (unpaired) electrons. The fraction of sp³-hybridized carbons (Fsp3) is 0.923. The number of hydrogen-bond acceptors (Lipinski definition) is 1. The van der Waals surface area contributed by atoms with Gasteiger partial charge in [-0.1, -0.05) is 34.1 Å². The van der Waals surface area contributed by atoms with Gasteiger partial charge < -0.3 is 4.90 Å². The molecule has 1 aliphatic rings. The van der Waals surface area contributed by atoms with E-state index in [1.54, 1.807) is 0 Å². The lowest BCUT2D eigenvalue weighted by molar-refractivity contribution is -0.130. The van der Waals surface area contributed by atoms with E-state index in [0.29, 0.717) is 17.4 Å². The van der Waals surface area contributed by atoms with Gasteiger partial charge in [0.05, 0.1) is 0 Å². The van der Waals surface area contributed by atoms with E-state index in [0.717, 1.165) is 32.2 Å². The molecular formula is C13H25NO. The van der Waals surface area contributed by atoms with E-state index < -0.39 is 0 Å². The average molecular weight is 211 g/mol. The summed E-state index contributed by atoms with van der Waals surface area (Å²) in [5.74, 6) is 0.369. The highest BCUT2D eigenvalue weighted by Gasteiger charge is 2.30. The van der Waals surface area contributed by atoms with Gasteiger partial charge in [0.15, 0.2) is 0 Å². The second kappa shape index (κ2) is 5.00. The van der Waals surface area contributed by atoms with E-state index in [9.17, 15) is 4.79 Å². The SMILES string of the molecule is CCC(CC(C)(C)CC)N1CCCC1=O. The van der Waals surface area contributed by atoms with E-state index in [2.05, 4.69) is 32.6 Å². The third-order valence-corrected chi connectivity index (χ3v) is 3.77. The van der Waals surface area contributed by atoms with Crippen LogP contribution in [0.5, 0.6) is 0 Å². The van der Waals surface area contributed by atoms with Crippen molar-refractivity contribution >= 4 is 5.91 Å². The number of likely N-dealkylation sites (tertiary alicyclic amines) is 1. The van der Waals surface area contributed by atoms with Gasteiger partial charge in [-0.25, -0.2) is 0 Å².